The van der Waals surface area contributed by atoms with E-state index in [2.05, 4.69) is 0 Å². The lowest BCUT2D eigenvalue weighted by atomic mass is 9.84. The maximum atomic E-state index is 11.8. The summed E-state index contributed by atoms with van der Waals surface area (Å²) in [6.45, 7) is 0.910. The van der Waals surface area contributed by atoms with Gasteiger partial charge in [0.1, 0.15) is 42.4 Å². The van der Waals surface area contributed by atoms with Crippen molar-refractivity contribution in [3.8, 4) is 5.75 Å². The molecule has 5 rings (SSSR count). The summed E-state index contributed by atoms with van der Waals surface area (Å²) in [6, 6.07) is 36.6. The lowest BCUT2D eigenvalue weighted by molar-refractivity contribution is -0.272. The van der Waals surface area contributed by atoms with E-state index in [0.29, 0.717) is 0 Å². The van der Waals surface area contributed by atoms with Gasteiger partial charge in [-0.05, 0) is 34.4 Å². The summed E-state index contributed by atoms with van der Waals surface area (Å²) in [6.07, 6.45) is -5.79. The van der Waals surface area contributed by atoms with Crippen molar-refractivity contribution in [2.45, 2.75) is 63.1 Å². The van der Waals surface area contributed by atoms with Gasteiger partial charge in [-0.25, -0.2) is 0 Å². The third-order valence-electron chi connectivity index (χ3n) is 7.45. The van der Waals surface area contributed by atoms with E-state index in [-0.39, 0.29) is 26.4 Å². The predicted molar refractivity (Wildman–Crippen MR) is 159 cm³/mol. The molecule has 0 heterocycles. The van der Waals surface area contributed by atoms with Gasteiger partial charge < -0.3 is 33.9 Å². The molecule has 0 spiro atoms. The minimum absolute atomic E-state index is 0.199. The number of hydrogen-bond acceptors (Lipinski definition) is 7. The highest BCUT2D eigenvalue weighted by atomic mass is 16.6. The van der Waals surface area contributed by atoms with Crippen LogP contribution in [0.1, 0.15) is 22.3 Å². The Kier molecular flexibility index (Phi) is 10.7. The van der Waals surface area contributed by atoms with Crippen LogP contribution in [0.15, 0.2) is 115 Å². The van der Waals surface area contributed by atoms with Crippen molar-refractivity contribution in [2.75, 3.05) is 7.11 Å². The first-order valence-corrected chi connectivity index (χ1v) is 14.2. The number of hydrogen-bond donors (Lipinski definition) is 2. The molecule has 1 fully saturated rings. The Balaban J connectivity index is 1.39. The Morgan fingerprint density at radius 1 is 0.429 bits per heavy atom. The van der Waals surface area contributed by atoms with Gasteiger partial charge in [0.25, 0.3) is 0 Å². The van der Waals surface area contributed by atoms with E-state index in [0.717, 1.165) is 28.0 Å². The Bertz CT molecular complexity index is 1320. The molecule has 220 valence electrons. The van der Waals surface area contributed by atoms with E-state index in [9.17, 15) is 10.2 Å². The first-order chi connectivity index (χ1) is 20.6. The van der Waals surface area contributed by atoms with Crippen LogP contribution < -0.4 is 4.74 Å². The van der Waals surface area contributed by atoms with Gasteiger partial charge in [-0.2, -0.15) is 0 Å². The maximum absolute atomic E-state index is 11.8. The highest BCUT2D eigenvalue weighted by Gasteiger charge is 2.52. The summed E-state index contributed by atoms with van der Waals surface area (Å²) >= 11 is 0. The average Bonchev–Trinajstić information content (AvgIpc) is 3.05. The molecule has 0 aromatic heterocycles. The smallest absolute Gasteiger partial charge is 0.118 e. The van der Waals surface area contributed by atoms with Crippen LogP contribution in [-0.4, -0.2) is 53.9 Å². The minimum Gasteiger partial charge on any atom is -0.497 e. The highest BCUT2D eigenvalue weighted by molar-refractivity contribution is 5.27. The van der Waals surface area contributed by atoms with Crippen molar-refractivity contribution in [2.24, 2.45) is 0 Å². The highest BCUT2D eigenvalue weighted by Crippen LogP contribution is 2.32. The monoisotopic (exact) mass is 570 g/mol. The van der Waals surface area contributed by atoms with Crippen LogP contribution in [0.5, 0.6) is 5.75 Å². The number of aliphatic hydroxyl groups is 2. The standard InChI is InChI=1S/C35H38O7/c1-38-29-19-17-28(18-20-29)24-42-35-31(37)33(40-22-26-13-7-3-8-14-26)32(39-21-25-11-5-2-6-12-25)30(36)34(35)41-23-27-15-9-4-10-16-27/h2-20,30-37H,21-24H2,1H3/t30-,31-,32-,33-,34-,35+/m0/s1. The third kappa shape index (κ3) is 7.83. The van der Waals surface area contributed by atoms with E-state index in [1.807, 2.05) is 115 Å². The van der Waals surface area contributed by atoms with Gasteiger partial charge in [0.05, 0.1) is 33.5 Å². The van der Waals surface area contributed by atoms with Crippen LogP contribution in [0, 0.1) is 0 Å². The molecular weight excluding hydrogens is 532 g/mol. The Morgan fingerprint density at radius 3 is 1.00 bits per heavy atom. The quantitative estimate of drug-likeness (QED) is 0.232. The molecule has 1 aliphatic carbocycles. The lowest BCUT2D eigenvalue weighted by Crippen LogP contribution is -2.66. The van der Waals surface area contributed by atoms with Gasteiger partial charge in [-0.15, -0.1) is 0 Å². The predicted octanol–water partition coefficient (Wildman–Crippen LogP) is 5.07. The van der Waals surface area contributed by atoms with Crippen molar-refractivity contribution >= 4 is 0 Å². The molecule has 1 saturated carbocycles. The molecular formula is C35H38O7. The number of benzene rings is 4. The SMILES string of the molecule is COc1ccc(CO[C@@H]2[C@@H](O)[C@H](OCc3ccccc3)[C@@H](OCc3ccccc3)[C@H](O)[C@@H]2OCc2ccccc2)cc1. The molecule has 42 heavy (non-hydrogen) atoms. The summed E-state index contributed by atoms with van der Waals surface area (Å²) in [5.41, 5.74) is 3.72. The zero-order valence-electron chi connectivity index (χ0n) is 23.7. The largest absolute Gasteiger partial charge is 0.497 e. The first-order valence-electron chi connectivity index (χ1n) is 14.2. The van der Waals surface area contributed by atoms with Crippen LogP contribution in [0.25, 0.3) is 0 Å². The van der Waals surface area contributed by atoms with Crippen LogP contribution in [0.3, 0.4) is 0 Å². The second-order valence-electron chi connectivity index (χ2n) is 10.4. The van der Waals surface area contributed by atoms with E-state index in [4.69, 9.17) is 23.7 Å². The fourth-order valence-corrected chi connectivity index (χ4v) is 5.14. The van der Waals surface area contributed by atoms with Gasteiger partial charge in [-0.1, -0.05) is 103 Å². The van der Waals surface area contributed by atoms with Crippen molar-refractivity contribution in [1.82, 2.24) is 0 Å². The molecule has 0 saturated heterocycles. The van der Waals surface area contributed by atoms with Gasteiger partial charge in [0, 0.05) is 0 Å². The Hall–Kier alpha value is -3.56. The average molecular weight is 571 g/mol. The summed E-state index contributed by atoms with van der Waals surface area (Å²) in [5, 5.41) is 23.5. The molecule has 4 aromatic rings. The third-order valence-corrected chi connectivity index (χ3v) is 7.45. The lowest BCUT2D eigenvalue weighted by Gasteiger charge is -2.46. The van der Waals surface area contributed by atoms with Gasteiger partial charge in [0.15, 0.2) is 0 Å². The van der Waals surface area contributed by atoms with Crippen LogP contribution in [0.2, 0.25) is 0 Å². The molecule has 0 unspecified atom stereocenters. The zero-order valence-corrected chi connectivity index (χ0v) is 23.7. The molecule has 0 bridgehead atoms. The second kappa shape index (κ2) is 15.1. The number of rotatable bonds is 13. The summed E-state index contributed by atoms with van der Waals surface area (Å²) in [5.74, 6) is 0.740. The second-order valence-corrected chi connectivity index (χ2v) is 10.4. The van der Waals surface area contributed by atoms with Crippen molar-refractivity contribution < 1.29 is 33.9 Å². The Labute approximate surface area is 247 Å². The van der Waals surface area contributed by atoms with Gasteiger partial charge >= 0.3 is 0 Å². The Morgan fingerprint density at radius 2 is 0.714 bits per heavy atom. The maximum Gasteiger partial charge on any atom is 0.118 e. The number of methoxy groups -OCH3 is 1. The van der Waals surface area contributed by atoms with Gasteiger partial charge in [-0.3, -0.25) is 0 Å². The summed E-state index contributed by atoms with van der Waals surface area (Å²) in [7, 11) is 1.62. The fraction of sp³-hybridized carbons (Fsp3) is 0.314. The van der Waals surface area contributed by atoms with Crippen molar-refractivity contribution in [3.63, 3.8) is 0 Å². The molecule has 0 radical (unpaired) electrons. The molecule has 4 aromatic carbocycles. The van der Waals surface area contributed by atoms with Crippen LogP contribution >= 0.6 is 0 Å². The van der Waals surface area contributed by atoms with E-state index in [1.165, 1.54) is 0 Å². The van der Waals surface area contributed by atoms with E-state index < -0.39 is 36.6 Å². The molecule has 0 amide bonds. The summed E-state index contributed by atoms with van der Waals surface area (Å²) in [4.78, 5) is 0. The first kappa shape index (κ1) is 29.9. The molecule has 7 heteroatoms. The zero-order chi connectivity index (χ0) is 29.1. The molecule has 2 N–H and O–H groups in total. The topological polar surface area (TPSA) is 86.6 Å². The fourth-order valence-electron chi connectivity index (χ4n) is 5.14. The summed E-state index contributed by atoms with van der Waals surface area (Å²) < 4.78 is 30.4. The molecule has 1 aliphatic rings. The van der Waals surface area contributed by atoms with Crippen LogP contribution in [0.4, 0.5) is 0 Å². The van der Waals surface area contributed by atoms with E-state index in [1.54, 1.807) is 7.11 Å². The van der Waals surface area contributed by atoms with Crippen LogP contribution in [-0.2, 0) is 45.4 Å². The van der Waals surface area contributed by atoms with E-state index >= 15 is 0 Å². The number of aliphatic hydroxyl groups excluding tert-OH is 2. The minimum atomic E-state index is -1.14. The van der Waals surface area contributed by atoms with Gasteiger partial charge in [0.2, 0.25) is 0 Å². The molecule has 7 nitrogen and oxygen atoms in total. The normalized spacial score (nSPS) is 23.9. The number of ether oxygens (including phenoxy) is 5. The van der Waals surface area contributed by atoms with Crippen molar-refractivity contribution in [1.29, 1.82) is 0 Å². The molecule has 0 aliphatic heterocycles. The van der Waals surface area contributed by atoms with Crippen molar-refractivity contribution in [3.05, 3.63) is 138 Å². The molecule has 6 atom stereocenters.